The Morgan fingerprint density at radius 1 is 1.00 bits per heavy atom. The number of unbranched alkanes of at least 4 members (excludes halogenated alkanes) is 8. The predicted molar refractivity (Wildman–Crippen MR) is 64.9 cm³/mol. The van der Waals surface area contributed by atoms with Gasteiger partial charge in [-0.15, -0.1) is 10.1 Å². The zero-order valence-corrected chi connectivity index (χ0v) is 14.3. The van der Waals surface area contributed by atoms with Crippen molar-refractivity contribution in [1.82, 2.24) is 0 Å². The SMILES string of the molecule is CCCCCCCCCCCC(=O)O[N+](=O)[O-].[Zn]. The number of hydrogen-bond acceptors (Lipinski definition) is 4. The Hall–Kier alpha value is -0.507. The molecule has 18 heavy (non-hydrogen) atoms. The van der Waals surface area contributed by atoms with Crippen LogP contribution in [-0.2, 0) is 29.1 Å². The van der Waals surface area contributed by atoms with Crippen LogP contribution in [-0.4, -0.2) is 11.1 Å². The molecule has 0 aromatic carbocycles. The standard InChI is InChI=1S/C12H23NO4.Zn/c1-2-3-4-5-6-7-8-9-10-11-12(14)17-13(15)16;/h2-11H2,1H3;. The van der Waals surface area contributed by atoms with Crippen LogP contribution in [0.5, 0.6) is 0 Å². The molecule has 0 fully saturated rings. The van der Waals surface area contributed by atoms with Gasteiger partial charge in [-0.05, 0) is 6.42 Å². The molecule has 0 aliphatic carbocycles. The Bertz CT molecular complexity index is 224. The number of hydrogen-bond donors (Lipinski definition) is 0. The van der Waals surface area contributed by atoms with E-state index in [1.54, 1.807) is 0 Å². The Balaban J connectivity index is 0. The van der Waals surface area contributed by atoms with E-state index in [0.29, 0.717) is 6.42 Å². The molecule has 0 atom stereocenters. The number of carbonyl (C=O) groups is 1. The van der Waals surface area contributed by atoms with Gasteiger partial charge >= 0.3 is 11.1 Å². The average Bonchev–Trinajstić information content (AvgIpc) is 2.26. The van der Waals surface area contributed by atoms with E-state index in [0.717, 1.165) is 12.8 Å². The van der Waals surface area contributed by atoms with Gasteiger partial charge < -0.3 is 0 Å². The minimum atomic E-state index is -1.05. The summed E-state index contributed by atoms with van der Waals surface area (Å²) in [6.07, 6.45) is 10.5. The third-order valence-electron chi connectivity index (χ3n) is 2.66. The Labute approximate surface area is 122 Å². The molecule has 0 aliphatic rings. The minimum absolute atomic E-state index is 0. The van der Waals surface area contributed by atoms with Gasteiger partial charge in [0, 0.05) is 25.9 Å². The molecule has 0 heterocycles. The molecule has 0 amide bonds. The first kappa shape index (κ1) is 19.8. The van der Waals surface area contributed by atoms with E-state index in [-0.39, 0.29) is 25.9 Å². The third kappa shape index (κ3) is 15.5. The average molecular weight is 311 g/mol. The molecule has 0 aromatic heterocycles. The van der Waals surface area contributed by atoms with Crippen LogP contribution < -0.4 is 0 Å². The number of nitrogens with zero attached hydrogens (tertiary/aromatic N) is 1. The summed E-state index contributed by atoms with van der Waals surface area (Å²) in [7, 11) is 0. The molecule has 0 N–H and O–H groups in total. The van der Waals surface area contributed by atoms with Crippen LogP contribution in [0.4, 0.5) is 0 Å². The number of carbonyl (C=O) groups excluding carboxylic acids is 1. The zero-order valence-electron chi connectivity index (χ0n) is 11.4. The maximum atomic E-state index is 10.8. The maximum absolute atomic E-state index is 10.8. The third-order valence-corrected chi connectivity index (χ3v) is 2.66. The monoisotopic (exact) mass is 309 g/mol. The summed E-state index contributed by atoms with van der Waals surface area (Å²) in [5.74, 6) is -0.738. The number of rotatable bonds is 11. The fraction of sp³-hybridized carbons (Fsp3) is 0.917. The van der Waals surface area contributed by atoms with Gasteiger partial charge in [-0.1, -0.05) is 58.3 Å². The minimum Gasteiger partial charge on any atom is -0.268 e. The maximum Gasteiger partial charge on any atom is 0.303 e. The Morgan fingerprint density at radius 3 is 1.89 bits per heavy atom. The second-order valence-electron chi connectivity index (χ2n) is 4.27. The van der Waals surface area contributed by atoms with Crippen LogP contribution in [0.15, 0.2) is 0 Å². The van der Waals surface area contributed by atoms with Crippen molar-refractivity contribution in [2.75, 3.05) is 0 Å². The quantitative estimate of drug-likeness (QED) is 0.253. The van der Waals surface area contributed by atoms with Gasteiger partial charge in [0.05, 0.1) is 0 Å². The molecule has 5 nitrogen and oxygen atoms in total. The topological polar surface area (TPSA) is 69.4 Å². The Kier molecular flexibility index (Phi) is 16.0. The van der Waals surface area contributed by atoms with E-state index in [4.69, 9.17) is 0 Å². The van der Waals surface area contributed by atoms with Gasteiger partial charge in [-0.25, -0.2) is 4.84 Å². The van der Waals surface area contributed by atoms with E-state index in [1.165, 1.54) is 38.5 Å². The van der Waals surface area contributed by atoms with Crippen LogP contribution in [0.3, 0.4) is 0 Å². The van der Waals surface area contributed by atoms with Crippen molar-refractivity contribution >= 4 is 5.97 Å². The molecule has 0 aromatic rings. The molecule has 0 rings (SSSR count). The van der Waals surface area contributed by atoms with Crippen molar-refractivity contribution in [3.8, 4) is 0 Å². The van der Waals surface area contributed by atoms with Crippen LogP contribution >= 0.6 is 0 Å². The van der Waals surface area contributed by atoms with E-state index >= 15 is 0 Å². The van der Waals surface area contributed by atoms with E-state index in [9.17, 15) is 14.9 Å². The van der Waals surface area contributed by atoms with Gasteiger partial charge in [-0.2, -0.15) is 0 Å². The second kappa shape index (κ2) is 14.6. The molecule has 6 heteroatoms. The molecule has 0 saturated heterocycles. The van der Waals surface area contributed by atoms with Crippen molar-refractivity contribution < 1.29 is 34.2 Å². The van der Waals surface area contributed by atoms with Crippen LogP contribution in [0, 0.1) is 10.1 Å². The fourth-order valence-corrected chi connectivity index (χ4v) is 1.71. The molecular formula is C12H23NO4Zn. The van der Waals surface area contributed by atoms with Gasteiger partial charge in [0.1, 0.15) is 0 Å². The van der Waals surface area contributed by atoms with E-state index in [2.05, 4.69) is 11.8 Å². The first-order chi connectivity index (χ1) is 8.16. The molecule has 0 unspecified atom stereocenters. The van der Waals surface area contributed by atoms with E-state index in [1.807, 2.05) is 0 Å². The van der Waals surface area contributed by atoms with Gasteiger partial charge in [0.15, 0.2) is 0 Å². The summed E-state index contributed by atoms with van der Waals surface area (Å²) in [5, 5.41) is 8.79. The molecule has 0 radical (unpaired) electrons. The molecular weight excluding hydrogens is 288 g/mol. The van der Waals surface area contributed by atoms with Crippen molar-refractivity contribution in [2.45, 2.75) is 71.1 Å². The van der Waals surface area contributed by atoms with Crippen LogP contribution in [0.1, 0.15) is 71.1 Å². The summed E-state index contributed by atoms with van der Waals surface area (Å²) < 4.78 is 0. The van der Waals surface area contributed by atoms with Crippen LogP contribution in [0.25, 0.3) is 0 Å². The summed E-state index contributed by atoms with van der Waals surface area (Å²) in [5.41, 5.74) is 0. The first-order valence-electron chi connectivity index (χ1n) is 6.52. The zero-order chi connectivity index (χ0) is 12.9. The van der Waals surface area contributed by atoms with Crippen molar-refractivity contribution in [2.24, 2.45) is 0 Å². The predicted octanol–water partition coefficient (Wildman–Crippen LogP) is 3.64. The van der Waals surface area contributed by atoms with Crippen molar-refractivity contribution in [3.63, 3.8) is 0 Å². The summed E-state index contributed by atoms with van der Waals surface area (Å²) in [6, 6.07) is 0. The van der Waals surface area contributed by atoms with E-state index < -0.39 is 11.1 Å². The molecule has 0 spiro atoms. The normalized spacial score (nSPS) is 9.61. The summed E-state index contributed by atoms with van der Waals surface area (Å²) in [6.45, 7) is 2.20. The Morgan fingerprint density at radius 2 is 1.44 bits per heavy atom. The van der Waals surface area contributed by atoms with Gasteiger partial charge in [-0.3, -0.25) is 4.79 Å². The largest absolute Gasteiger partial charge is 0.303 e. The molecule has 0 aliphatic heterocycles. The smallest absolute Gasteiger partial charge is 0.268 e. The summed E-state index contributed by atoms with van der Waals surface area (Å²) >= 11 is 0. The van der Waals surface area contributed by atoms with Crippen LogP contribution in [0.2, 0.25) is 0 Å². The van der Waals surface area contributed by atoms with Gasteiger partial charge in [0.25, 0.3) is 0 Å². The fourth-order valence-electron chi connectivity index (χ4n) is 1.71. The van der Waals surface area contributed by atoms with Gasteiger partial charge in [0.2, 0.25) is 0 Å². The van der Waals surface area contributed by atoms with Crippen molar-refractivity contribution in [1.29, 1.82) is 0 Å². The molecule has 102 valence electrons. The molecule has 0 bridgehead atoms. The molecule has 0 saturated carbocycles. The first-order valence-corrected chi connectivity index (χ1v) is 6.52. The summed E-state index contributed by atoms with van der Waals surface area (Å²) in [4.78, 5) is 24.4. The second-order valence-corrected chi connectivity index (χ2v) is 4.27. The van der Waals surface area contributed by atoms with Crippen molar-refractivity contribution in [3.05, 3.63) is 10.1 Å².